The second-order valence-electron chi connectivity index (χ2n) is 5.58. The molecule has 0 saturated heterocycles. The Labute approximate surface area is 151 Å². The highest BCUT2D eigenvalue weighted by atomic mass is 32.2. The summed E-state index contributed by atoms with van der Waals surface area (Å²) in [6.45, 7) is 0.581. The van der Waals surface area contributed by atoms with E-state index < -0.39 is 12.0 Å². The molecule has 0 aliphatic heterocycles. The van der Waals surface area contributed by atoms with Gasteiger partial charge in [-0.2, -0.15) is 11.8 Å². The van der Waals surface area contributed by atoms with Gasteiger partial charge >= 0.3 is 5.97 Å². The average Bonchev–Trinajstić information content (AvgIpc) is 2.61. The molecule has 0 amide bonds. The molecular formula is C19H22FNO3S. The molecule has 0 saturated carbocycles. The molecule has 25 heavy (non-hydrogen) atoms. The van der Waals surface area contributed by atoms with E-state index in [-0.39, 0.29) is 12.4 Å². The molecule has 2 aromatic rings. The Morgan fingerprint density at radius 3 is 2.80 bits per heavy atom. The summed E-state index contributed by atoms with van der Waals surface area (Å²) in [5.41, 5.74) is 1.41. The number of hydrogen-bond acceptors (Lipinski definition) is 4. The summed E-state index contributed by atoms with van der Waals surface area (Å²) < 4.78 is 19.3. The van der Waals surface area contributed by atoms with E-state index in [2.05, 4.69) is 5.32 Å². The number of thioether (sulfide) groups is 1. The van der Waals surface area contributed by atoms with Gasteiger partial charge in [0.2, 0.25) is 0 Å². The van der Waals surface area contributed by atoms with E-state index in [0.29, 0.717) is 24.3 Å². The van der Waals surface area contributed by atoms with Gasteiger partial charge in [0, 0.05) is 12.1 Å². The number of benzene rings is 2. The molecular weight excluding hydrogens is 341 g/mol. The maximum atomic E-state index is 13.6. The highest BCUT2D eigenvalue weighted by Crippen LogP contribution is 2.16. The Bertz CT molecular complexity index is 696. The topological polar surface area (TPSA) is 58.6 Å². The molecule has 2 rings (SSSR count). The summed E-state index contributed by atoms with van der Waals surface area (Å²) in [7, 11) is 0. The molecule has 0 aliphatic carbocycles. The smallest absolute Gasteiger partial charge is 0.320 e. The Morgan fingerprint density at radius 1 is 1.28 bits per heavy atom. The number of aliphatic carboxylic acids is 1. The molecule has 0 heterocycles. The summed E-state index contributed by atoms with van der Waals surface area (Å²) in [6, 6.07) is 13.3. The fourth-order valence-corrected chi connectivity index (χ4v) is 2.78. The molecule has 0 aromatic heterocycles. The first-order valence-corrected chi connectivity index (χ1v) is 9.40. The fraction of sp³-hybridized carbons (Fsp3) is 0.316. The van der Waals surface area contributed by atoms with E-state index in [1.165, 1.54) is 6.07 Å². The van der Waals surface area contributed by atoms with E-state index in [4.69, 9.17) is 4.74 Å². The van der Waals surface area contributed by atoms with Crippen LogP contribution < -0.4 is 10.1 Å². The first-order valence-electron chi connectivity index (χ1n) is 8.00. The van der Waals surface area contributed by atoms with Crippen LogP contribution in [0.3, 0.4) is 0 Å². The van der Waals surface area contributed by atoms with Crippen molar-refractivity contribution in [3.63, 3.8) is 0 Å². The van der Waals surface area contributed by atoms with Crippen molar-refractivity contribution in [3.05, 3.63) is 65.5 Å². The third-order valence-corrected chi connectivity index (χ3v) is 4.36. The highest BCUT2D eigenvalue weighted by Gasteiger charge is 2.15. The second kappa shape index (κ2) is 10.1. The number of halogens is 1. The van der Waals surface area contributed by atoms with Gasteiger partial charge in [0.25, 0.3) is 0 Å². The number of carboxylic acid groups (broad SMARTS) is 1. The van der Waals surface area contributed by atoms with Gasteiger partial charge in [-0.15, -0.1) is 0 Å². The molecule has 2 aromatic carbocycles. The lowest BCUT2D eigenvalue weighted by atomic mass is 10.1. The van der Waals surface area contributed by atoms with Crippen molar-refractivity contribution in [2.24, 2.45) is 0 Å². The minimum atomic E-state index is -0.846. The van der Waals surface area contributed by atoms with Crippen molar-refractivity contribution in [1.29, 1.82) is 0 Å². The van der Waals surface area contributed by atoms with Crippen LogP contribution in [0.4, 0.5) is 4.39 Å². The molecule has 0 spiro atoms. The third-order valence-electron chi connectivity index (χ3n) is 3.71. The molecule has 0 aliphatic rings. The molecule has 134 valence electrons. The molecule has 1 unspecified atom stereocenters. The number of hydrogen-bond donors (Lipinski definition) is 2. The maximum absolute atomic E-state index is 13.6. The van der Waals surface area contributed by atoms with Gasteiger partial charge in [-0.3, -0.25) is 4.79 Å². The van der Waals surface area contributed by atoms with E-state index in [0.717, 1.165) is 11.3 Å². The molecule has 0 bridgehead atoms. The monoisotopic (exact) mass is 363 g/mol. The summed E-state index contributed by atoms with van der Waals surface area (Å²) in [5, 5.41) is 12.3. The Kier molecular flexibility index (Phi) is 7.76. The van der Waals surface area contributed by atoms with Crippen molar-refractivity contribution in [1.82, 2.24) is 5.32 Å². The summed E-state index contributed by atoms with van der Waals surface area (Å²) in [4.78, 5) is 11.3. The molecule has 2 N–H and O–H groups in total. The molecule has 0 radical (unpaired) electrons. The number of nitrogens with one attached hydrogen (secondary N) is 1. The van der Waals surface area contributed by atoms with Crippen LogP contribution in [0.15, 0.2) is 48.5 Å². The number of ether oxygens (including phenoxy) is 1. The molecule has 1 atom stereocenters. The summed E-state index contributed by atoms with van der Waals surface area (Å²) in [5.74, 6) is 0.272. The zero-order valence-corrected chi connectivity index (χ0v) is 14.9. The summed E-state index contributed by atoms with van der Waals surface area (Å²) in [6.07, 6.45) is 2.52. The molecule has 4 nitrogen and oxygen atoms in total. The molecule has 0 fully saturated rings. The Hall–Kier alpha value is -2.05. The predicted molar refractivity (Wildman–Crippen MR) is 98.4 cm³/mol. The lowest BCUT2D eigenvalue weighted by Gasteiger charge is -2.14. The van der Waals surface area contributed by atoms with Gasteiger partial charge in [-0.25, -0.2) is 4.39 Å². The number of carbonyl (C=O) groups is 1. The second-order valence-corrected chi connectivity index (χ2v) is 6.57. The predicted octanol–water partition coefficient (Wildman–Crippen LogP) is 3.70. The van der Waals surface area contributed by atoms with Gasteiger partial charge < -0.3 is 15.2 Å². The highest BCUT2D eigenvalue weighted by molar-refractivity contribution is 7.98. The maximum Gasteiger partial charge on any atom is 0.320 e. The van der Waals surface area contributed by atoms with Crippen LogP contribution >= 0.6 is 11.8 Å². The van der Waals surface area contributed by atoms with Crippen LogP contribution in [0.1, 0.15) is 17.5 Å². The molecule has 6 heteroatoms. The van der Waals surface area contributed by atoms with Crippen molar-refractivity contribution < 1.29 is 19.0 Å². The van der Waals surface area contributed by atoms with Crippen LogP contribution in [0.2, 0.25) is 0 Å². The summed E-state index contributed by atoms with van der Waals surface area (Å²) >= 11 is 1.62. The number of carboxylic acids is 1. The van der Waals surface area contributed by atoms with Crippen molar-refractivity contribution >= 4 is 17.7 Å². The largest absolute Gasteiger partial charge is 0.489 e. The lowest BCUT2D eigenvalue weighted by molar-refractivity contribution is -0.139. The van der Waals surface area contributed by atoms with Crippen LogP contribution in [0.5, 0.6) is 5.75 Å². The van der Waals surface area contributed by atoms with Crippen LogP contribution in [0, 0.1) is 5.82 Å². The first kappa shape index (κ1) is 19.3. The van der Waals surface area contributed by atoms with Gasteiger partial charge in [-0.05, 0) is 42.2 Å². The van der Waals surface area contributed by atoms with Crippen molar-refractivity contribution in [3.8, 4) is 5.75 Å². The van der Waals surface area contributed by atoms with E-state index in [1.807, 2.05) is 24.5 Å². The van der Waals surface area contributed by atoms with Gasteiger partial charge in [0.05, 0.1) is 0 Å². The van der Waals surface area contributed by atoms with Crippen LogP contribution in [0.25, 0.3) is 0 Å². The van der Waals surface area contributed by atoms with Crippen molar-refractivity contribution in [2.45, 2.75) is 25.6 Å². The third kappa shape index (κ3) is 6.40. The van der Waals surface area contributed by atoms with E-state index in [9.17, 15) is 14.3 Å². The first-order chi connectivity index (χ1) is 12.1. The van der Waals surface area contributed by atoms with E-state index in [1.54, 1.807) is 36.0 Å². The average molecular weight is 363 g/mol. The normalized spacial score (nSPS) is 11.9. The van der Waals surface area contributed by atoms with Gasteiger partial charge in [0.15, 0.2) is 0 Å². The minimum absolute atomic E-state index is 0.148. The zero-order valence-electron chi connectivity index (χ0n) is 14.1. The lowest BCUT2D eigenvalue weighted by Crippen LogP contribution is -2.36. The fourth-order valence-electron chi connectivity index (χ4n) is 2.31. The Morgan fingerprint density at radius 2 is 2.08 bits per heavy atom. The standard InChI is InChI=1S/C19H22FNO3S/c1-25-10-9-18(19(22)23)21-12-14-5-4-7-16(11-14)24-13-15-6-2-3-8-17(15)20/h2-8,11,18,21H,9-10,12-13H2,1H3,(H,22,23). The Balaban J connectivity index is 1.92. The van der Waals surface area contributed by atoms with Gasteiger partial charge in [-0.1, -0.05) is 30.3 Å². The van der Waals surface area contributed by atoms with Crippen LogP contribution in [-0.4, -0.2) is 29.1 Å². The van der Waals surface area contributed by atoms with Crippen LogP contribution in [-0.2, 0) is 17.9 Å². The van der Waals surface area contributed by atoms with E-state index >= 15 is 0 Å². The van der Waals surface area contributed by atoms with Crippen molar-refractivity contribution in [2.75, 3.05) is 12.0 Å². The minimum Gasteiger partial charge on any atom is -0.489 e. The van der Waals surface area contributed by atoms with Gasteiger partial charge in [0.1, 0.15) is 24.2 Å². The SMILES string of the molecule is CSCCC(NCc1cccc(OCc2ccccc2F)c1)C(=O)O. The zero-order chi connectivity index (χ0) is 18.1. The number of rotatable bonds is 10. The quantitative estimate of drug-likeness (QED) is 0.674.